The van der Waals surface area contributed by atoms with Gasteiger partial charge in [0.1, 0.15) is 0 Å². The third-order valence-corrected chi connectivity index (χ3v) is 2.40. The van der Waals surface area contributed by atoms with Crippen molar-refractivity contribution in [2.24, 2.45) is 0 Å². The molecular weight excluding hydrogens is 172 g/mol. The average molecular weight is 198 g/mol. The van der Waals surface area contributed by atoms with Gasteiger partial charge in [0.25, 0.3) is 0 Å². The van der Waals surface area contributed by atoms with Crippen LogP contribution in [0.4, 0.5) is 0 Å². The zero-order valence-electron chi connectivity index (χ0n) is 9.67. The number of rotatable bonds is 10. The van der Waals surface area contributed by atoms with Gasteiger partial charge in [0.05, 0.1) is 0 Å². The molecule has 0 bridgehead atoms. The van der Waals surface area contributed by atoms with Gasteiger partial charge in [-0.3, -0.25) is 0 Å². The Balaban J connectivity index is 2.91. The Bertz CT molecular complexity index is 118. The average Bonchev–Trinajstić information content (AvgIpc) is 2.21. The van der Waals surface area contributed by atoms with Crippen LogP contribution in [0.3, 0.4) is 0 Å². The molecule has 0 spiro atoms. The van der Waals surface area contributed by atoms with Crippen LogP contribution < -0.4 is 0 Å². The Hall–Kier alpha value is -0.300. The van der Waals surface area contributed by atoms with Gasteiger partial charge in [-0.2, -0.15) is 0 Å². The van der Waals surface area contributed by atoms with E-state index in [0.717, 1.165) is 6.42 Å². The highest BCUT2D eigenvalue weighted by atomic mass is 16.2. The van der Waals surface area contributed by atoms with Gasteiger partial charge in [-0.05, 0) is 25.7 Å². The van der Waals surface area contributed by atoms with Crippen molar-refractivity contribution in [3.05, 3.63) is 12.2 Å². The standard InChI is InChI=1S/C13H26O/c1-2-3-4-5-6-7-8-9-10-11-12-13-14/h4-5,14H,2-3,6-13H2,1H3. The zero-order valence-corrected chi connectivity index (χ0v) is 9.67. The van der Waals surface area contributed by atoms with Crippen molar-refractivity contribution in [1.82, 2.24) is 0 Å². The zero-order chi connectivity index (χ0) is 10.5. The molecule has 0 fully saturated rings. The molecule has 1 nitrogen and oxygen atoms in total. The summed E-state index contributed by atoms with van der Waals surface area (Å²) in [5, 5.41) is 8.58. The maximum Gasteiger partial charge on any atom is 0.0431 e. The summed E-state index contributed by atoms with van der Waals surface area (Å²) in [4.78, 5) is 0. The summed E-state index contributed by atoms with van der Waals surface area (Å²) < 4.78 is 0. The van der Waals surface area contributed by atoms with Crippen molar-refractivity contribution in [1.29, 1.82) is 0 Å². The second-order valence-electron chi connectivity index (χ2n) is 3.89. The van der Waals surface area contributed by atoms with Crippen molar-refractivity contribution in [3.63, 3.8) is 0 Å². The summed E-state index contributed by atoms with van der Waals surface area (Å²) in [7, 11) is 0. The minimum Gasteiger partial charge on any atom is -0.396 e. The van der Waals surface area contributed by atoms with E-state index in [1.165, 1.54) is 51.4 Å². The van der Waals surface area contributed by atoms with Crippen LogP contribution >= 0.6 is 0 Å². The van der Waals surface area contributed by atoms with Gasteiger partial charge >= 0.3 is 0 Å². The SMILES string of the molecule is CCCC=CCCCCCCCCO. The minimum absolute atomic E-state index is 0.361. The normalized spacial score (nSPS) is 11.3. The van der Waals surface area contributed by atoms with Gasteiger partial charge in [0.15, 0.2) is 0 Å². The Morgan fingerprint density at radius 2 is 1.36 bits per heavy atom. The molecule has 0 saturated heterocycles. The van der Waals surface area contributed by atoms with Crippen LogP contribution in [0.15, 0.2) is 12.2 Å². The molecule has 1 heteroatoms. The molecule has 0 aliphatic rings. The van der Waals surface area contributed by atoms with Crippen LogP contribution in [0.5, 0.6) is 0 Å². The molecule has 1 N–H and O–H groups in total. The molecule has 0 aliphatic carbocycles. The van der Waals surface area contributed by atoms with E-state index in [0.29, 0.717) is 6.61 Å². The first-order valence-corrected chi connectivity index (χ1v) is 6.17. The van der Waals surface area contributed by atoms with E-state index in [-0.39, 0.29) is 0 Å². The Morgan fingerprint density at radius 3 is 2.00 bits per heavy atom. The Morgan fingerprint density at radius 1 is 0.786 bits per heavy atom. The molecule has 0 amide bonds. The fourth-order valence-corrected chi connectivity index (χ4v) is 1.48. The topological polar surface area (TPSA) is 20.2 Å². The van der Waals surface area contributed by atoms with Crippen LogP contribution in [0, 0.1) is 0 Å². The number of aliphatic hydroxyl groups excluding tert-OH is 1. The summed E-state index contributed by atoms with van der Waals surface area (Å²) in [5.74, 6) is 0. The van der Waals surface area contributed by atoms with E-state index in [9.17, 15) is 0 Å². The van der Waals surface area contributed by atoms with Crippen LogP contribution in [0.1, 0.15) is 64.7 Å². The smallest absolute Gasteiger partial charge is 0.0431 e. The van der Waals surface area contributed by atoms with E-state index >= 15 is 0 Å². The van der Waals surface area contributed by atoms with Crippen molar-refractivity contribution >= 4 is 0 Å². The lowest BCUT2D eigenvalue weighted by Crippen LogP contribution is -1.83. The van der Waals surface area contributed by atoms with E-state index in [1.807, 2.05) is 0 Å². The summed E-state index contributed by atoms with van der Waals surface area (Å²) in [6.07, 6.45) is 15.8. The largest absolute Gasteiger partial charge is 0.396 e. The Kier molecular flexibility index (Phi) is 12.4. The first kappa shape index (κ1) is 13.7. The second-order valence-corrected chi connectivity index (χ2v) is 3.89. The summed E-state index contributed by atoms with van der Waals surface area (Å²) in [6, 6.07) is 0. The minimum atomic E-state index is 0.361. The first-order chi connectivity index (χ1) is 6.91. The highest BCUT2D eigenvalue weighted by Gasteiger charge is 1.89. The molecule has 0 heterocycles. The molecule has 0 unspecified atom stereocenters. The summed E-state index contributed by atoms with van der Waals surface area (Å²) in [5.41, 5.74) is 0. The van der Waals surface area contributed by atoms with Crippen LogP contribution in [0.25, 0.3) is 0 Å². The molecule has 0 aromatic carbocycles. The lowest BCUT2D eigenvalue weighted by molar-refractivity contribution is 0.282. The molecular formula is C13H26O. The predicted molar refractivity (Wildman–Crippen MR) is 63.5 cm³/mol. The van der Waals surface area contributed by atoms with Crippen LogP contribution in [-0.4, -0.2) is 11.7 Å². The summed E-state index contributed by atoms with van der Waals surface area (Å²) in [6.45, 7) is 2.57. The molecule has 0 aromatic rings. The van der Waals surface area contributed by atoms with Crippen molar-refractivity contribution < 1.29 is 5.11 Å². The van der Waals surface area contributed by atoms with Gasteiger partial charge in [-0.1, -0.05) is 51.2 Å². The molecule has 84 valence electrons. The molecule has 0 rings (SSSR count). The summed E-state index contributed by atoms with van der Waals surface area (Å²) >= 11 is 0. The first-order valence-electron chi connectivity index (χ1n) is 6.17. The van der Waals surface area contributed by atoms with Gasteiger partial charge in [-0.15, -0.1) is 0 Å². The van der Waals surface area contributed by atoms with Gasteiger partial charge in [0, 0.05) is 6.61 Å². The quantitative estimate of drug-likeness (QED) is 0.414. The number of hydrogen-bond acceptors (Lipinski definition) is 1. The number of hydrogen-bond donors (Lipinski definition) is 1. The molecule has 0 aliphatic heterocycles. The van der Waals surface area contributed by atoms with Crippen molar-refractivity contribution in [3.8, 4) is 0 Å². The van der Waals surface area contributed by atoms with E-state index < -0.39 is 0 Å². The van der Waals surface area contributed by atoms with Crippen molar-refractivity contribution in [2.75, 3.05) is 6.61 Å². The fraction of sp³-hybridized carbons (Fsp3) is 0.846. The highest BCUT2D eigenvalue weighted by Crippen LogP contribution is 2.07. The lowest BCUT2D eigenvalue weighted by Gasteiger charge is -1.98. The van der Waals surface area contributed by atoms with E-state index in [2.05, 4.69) is 19.1 Å². The molecule has 14 heavy (non-hydrogen) atoms. The third-order valence-electron chi connectivity index (χ3n) is 2.40. The Labute approximate surface area is 89.2 Å². The molecule has 0 aromatic heterocycles. The molecule has 0 radical (unpaired) electrons. The maximum absolute atomic E-state index is 8.58. The number of aliphatic hydroxyl groups is 1. The highest BCUT2D eigenvalue weighted by molar-refractivity contribution is 4.80. The molecule has 0 atom stereocenters. The molecule has 0 saturated carbocycles. The lowest BCUT2D eigenvalue weighted by atomic mass is 10.1. The predicted octanol–water partition coefficient (Wildman–Crippen LogP) is 4.07. The third kappa shape index (κ3) is 11.7. The van der Waals surface area contributed by atoms with E-state index in [1.54, 1.807) is 0 Å². The van der Waals surface area contributed by atoms with Gasteiger partial charge in [-0.25, -0.2) is 0 Å². The van der Waals surface area contributed by atoms with Gasteiger partial charge < -0.3 is 5.11 Å². The number of unbranched alkanes of at least 4 members (excludes halogenated alkanes) is 7. The van der Waals surface area contributed by atoms with Crippen LogP contribution in [-0.2, 0) is 0 Å². The van der Waals surface area contributed by atoms with Crippen LogP contribution in [0.2, 0.25) is 0 Å². The second kappa shape index (κ2) is 12.7. The maximum atomic E-state index is 8.58. The van der Waals surface area contributed by atoms with Gasteiger partial charge in [0.2, 0.25) is 0 Å². The number of allylic oxidation sites excluding steroid dienone is 2. The monoisotopic (exact) mass is 198 g/mol. The fourth-order valence-electron chi connectivity index (χ4n) is 1.48. The van der Waals surface area contributed by atoms with E-state index in [4.69, 9.17) is 5.11 Å². The van der Waals surface area contributed by atoms with Crippen molar-refractivity contribution in [2.45, 2.75) is 64.7 Å².